The van der Waals surface area contributed by atoms with Crippen molar-refractivity contribution in [1.82, 2.24) is 14.8 Å². The molecule has 200 valence electrons. The van der Waals surface area contributed by atoms with Gasteiger partial charge in [-0.2, -0.15) is 5.26 Å². The summed E-state index contributed by atoms with van der Waals surface area (Å²) < 4.78 is 29.9. The lowest BCUT2D eigenvalue weighted by atomic mass is 10.1. The number of aromatic nitrogens is 1. The van der Waals surface area contributed by atoms with Gasteiger partial charge in [0, 0.05) is 68.3 Å². The number of ether oxygens (including phenoxy) is 1. The molecular formula is C28H33N5O4S. The molecule has 1 N–H and O–H groups in total. The summed E-state index contributed by atoms with van der Waals surface area (Å²) in [5.41, 5.74) is 4.14. The van der Waals surface area contributed by atoms with E-state index in [0.717, 1.165) is 49.1 Å². The summed E-state index contributed by atoms with van der Waals surface area (Å²) in [7, 11) is -3.43. The van der Waals surface area contributed by atoms with Crippen LogP contribution in [0.5, 0.6) is 0 Å². The molecule has 0 spiro atoms. The topological polar surface area (TPSA) is 110 Å². The maximum Gasteiger partial charge on any atom is 0.256 e. The molecule has 2 aromatic carbocycles. The van der Waals surface area contributed by atoms with Crippen LogP contribution in [0.1, 0.15) is 27.9 Å². The molecule has 0 radical (unpaired) electrons. The Morgan fingerprint density at radius 2 is 1.82 bits per heavy atom. The van der Waals surface area contributed by atoms with E-state index >= 15 is 0 Å². The highest BCUT2D eigenvalue weighted by Crippen LogP contribution is 2.27. The number of sulfone groups is 1. The molecular weight excluding hydrogens is 502 g/mol. The molecule has 2 saturated heterocycles. The Hall–Kier alpha value is -3.39. The van der Waals surface area contributed by atoms with Gasteiger partial charge in [-0.3, -0.25) is 9.69 Å². The second kappa shape index (κ2) is 11.2. The number of nitriles is 1. The Kier molecular flexibility index (Phi) is 7.70. The number of morpholine rings is 1. The molecule has 0 saturated carbocycles. The van der Waals surface area contributed by atoms with E-state index in [1.807, 2.05) is 29.3 Å². The first-order valence-corrected chi connectivity index (χ1v) is 14.9. The number of carbonyl (C=O) groups excluding carboxylic acids is 1. The number of hydrogen-bond acceptors (Lipinski definition) is 7. The molecule has 0 unspecified atom stereocenters. The second-order valence-corrected chi connectivity index (χ2v) is 12.0. The van der Waals surface area contributed by atoms with Gasteiger partial charge in [0.2, 0.25) is 0 Å². The summed E-state index contributed by atoms with van der Waals surface area (Å²) >= 11 is 0. The first-order chi connectivity index (χ1) is 18.3. The third kappa shape index (κ3) is 5.70. The summed E-state index contributed by atoms with van der Waals surface area (Å²) in [6, 6.07) is 12.8. The van der Waals surface area contributed by atoms with Crippen molar-refractivity contribution in [2.45, 2.75) is 17.7 Å². The van der Waals surface area contributed by atoms with Crippen molar-refractivity contribution in [2.24, 2.45) is 0 Å². The predicted molar refractivity (Wildman–Crippen MR) is 146 cm³/mol. The van der Waals surface area contributed by atoms with Crippen LogP contribution in [0.25, 0.3) is 10.9 Å². The van der Waals surface area contributed by atoms with Gasteiger partial charge in [-0.25, -0.2) is 8.42 Å². The fraction of sp³-hybridized carbons (Fsp3) is 0.429. The van der Waals surface area contributed by atoms with Crippen molar-refractivity contribution < 1.29 is 17.9 Å². The average molecular weight is 536 g/mol. The molecule has 5 rings (SSSR count). The van der Waals surface area contributed by atoms with Gasteiger partial charge in [-0.1, -0.05) is 0 Å². The molecule has 10 heteroatoms. The Bertz CT molecular complexity index is 1460. The molecule has 2 aliphatic rings. The number of anilines is 1. The van der Waals surface area contributed by atoms with E-state index in [1.165, 1.54) is 17.9 Å². The van der Waals surface area contributed by atoms with Crippen LogP contribution in [0.2, 0.25) is 0 Å². The number of amides is 1. The maximum absolute atomic E-state index is 13.6. The van der Waals surface area contributed by atoms with Crippen molar-refractivity contribution in [3.05, 3.63) is 59.3 Å². The highest BCUT2D eigenvalue weighted by atomic mass is 32.2. The first-order valence-electron chi connectivity index (χ1n) is 13.0. The monoisotopic (exact) mass is 535 g/mol. The maximum atomic E-state index is 13.6. The second-order valence-electron chi connectivity index (χ2n) is 9.97. The smallest absolute Gasteiger partial charge is 0.256 e. The number of aryl methyl sites for hydroxylation is 1. The van der Waals surface area contributed by atoms with Gasteiger partial charge in [0.1, 0.15) is 0 Å². The zero-order valence-corrected chi connectivity index (χ0v) is 22.5. The van der Waals surface area contributed by atoms with Gasteiger partial charge in [-0.15, -0.1) is 0 Å². The third-order valence-electron chi connectivity index (χ3n) is 7.45. The number of fused-ring (bicyclic) bond motifs is 1. The number of H-pyrrole nitrogens is 1. The van der Waals surface area contributed by atoms with Crippen molar-refractivity contribution in [1.29, 1.82) is 5.26 Å². The summed E-state index contributed by atoms with van der Waals surface area (Å²) in [4.78, 5) is 23.4. The van der Waals surface area contributed by atoms with E-state index in [4.69, 9.17) is 4.74 Å². The summed E-state index contributed by atoms with van der Waals surface area (Å²) in [5, 5.41) is 10.3. The molecule has 3 aromatic rings. The molecule has 0 aliphatic carbocycles. The molecule has 3 heterocycles. The average Bonchev–Trinajstić information content (AvgIpc) is 3.34. The van der Waals surface area contributed by atoms with Gasteiger partial charge in [0.25, 0.3) is 5.91 Å². The zero-order valence-electron chi connectivity index (χ0n) is 21.6. The molecule has 1 amide bonds. The van der Waals surface area contributed by atoms with Crippen LogP contribution in [-0.4, -0.2) is 94.4 Å². The number of nitrogens with zero attached hydrogens (tertiary/aromatic N) is 4. The lowest BCUT2D eigenvalue weighted by Crippen LogP contribution is -2.49. The minimum atomic E-state index is -3.43. The predicted octanol–water partition coefficient (Wildman–Crippen LogP) is 2.67. The Labute approximate surface area is 223 Å². The van der Waals surface area contributed by atoms with Crippen LogP contribution in [0, 0.1) is 11.3 Å². The largest absolute Gasteiger partial charge is 0.378 e. The van der Waals surface area contributed by atoms with Gasteiger partial charge < -0.3 is 19.5 Å². The summed E-state index contributed by atoms with van der Waals surface area (Å²) in [6.45, 7) is 6.17. The summed E-state index contributed by atoms with van der Waals surface area (Å²) in [6.07, 6.45) is 5.09. The molecule has 9 nitrogen and oxygen atoms in total. The number of nitrogens with one attached hydrogen (secondary N) is 1. The fourth-order valence-electron chi connectivity index (χ4n) is 5.29. The van der Waals surface area contributed by atoms with Crippen molar-refractivity contribution in [2.75, 3.05) is 70.2 Å². The van der Waals surface area contributed by atoms with E-state index in [9.17, 15) is 18.5 Å². The van der Waals surface area contributed by atoms with E-state index in [2.05, 4.69) is 20.9 Å². The van der Waals surface area contributed by atoms with Crippen LogP contribution in [0.15, 0.2) is 47.5 Å². The van der Waals surface area contributed by atoms with Crippen molar-refractivity contribution >= 4 is 32.3 Å². The van der Waals surface area contributed by atoms with Crippen LogP contribution >= 0.6 is 0 Å². The SMILES string of the molecule is CS(=O)(=O)c1ccc(N2CCOCC2)c(C(=O)N2CCN(CCCc3c[nH]c4ccc(C#N)cc34)CC2)c1. The molecule has 0 atom stereocenters. The fourth-order valence-corrected chi connectivity index (χ4v) is 5.94. The Balaban J connectivity index is 1.21. The van der Waals surface area contributed by atoms with E-state index < -0.39 is 9.84 Å². The minimum Gasteiger partial charge on any atom is -0.378 e. The normalized spacial score (nSPS) is 17.1. The molecule has 2 aliphatic heterocycles. The highest BCUT2D eigenvalue weighted by molar-refractivity contribution is 7.90. The Morgan fingerprint density at radius 3 is 2.53 bits per heavy atom. The highest BCUT2D eigenvalue weighted by Gasteiger charge is 2.27. The van der Waals surface area contributed by atoms with E-state index in [-0.39, 0.29) is 10.8 Å². The molecule has 1 aromatic heterocycles. The number of rotatable bonds is 7. The van der Waals surface area contributed by atoms with E-state index in [0.29, 0.717) is 50.5 Å². The number of hydrogen-bond donors (Lipinski definition) is 1. The van der Waals surface area contributed by atoms with E-state index in [1.54, 1.807) is 12.1 Å². The van der Waals surface area contributed by atoms with Crippen LogP contribution in [0.3, 0.4) is 0 Å². The quantitative estimate of drug-likeness (QED) is 0.495. The van der Waals surface area contributed by atoms with Crippen molar-refractivity contribution in [3.63, 3.8) is 0 Å². The van der Waals surface area contributed by atoms with Crippen LogP contribution in [-0.2, 0) is 21.0 Å². The number of carbonyl (C=O) groups is 1. The van der Waals surface area contributed by atoms with Gasteiger partial charge in [0.05, 0.1) is 35.3 Å². The lowest BCUT2D eigenvalue weighted by Gasteiger charge is -2.36. The first kappa shape index (κ1) is 26.2. The Morgan fingerprint density at radius 1 is 1.05 bits per heavy atom. The standard InChI is InChI=1S/C28H33N5O4S/c1-38(35,36)23-5-7-27(32-13-15-37-16-14-32)25(18-23)28(34)33-11-9-31(10-12-33)8-2-3-22-20-30-26-6-4-21(19-29)17-24(22)26/h4-7,17-18,20,30H,2-3,8-16H2,1H3. The molecule has 2 fully saturated rings. The van der Waals surface area contributed by atoms with Gasteiger partial charge in [0.15, 0.2) is 9.84 Å². The zero-order chi connectivity index (χ0) is 26.7. The minimum absolute atomic E-state index is 0.122. The van der Waals surface area contributed by atoms with Gasteiger partial charge in [-0.05, 0) is 61.3 Å². The van der Waals surface area contributed by atoms with Crippen LogP contribution < -0.4 is 4.90 Å². The molecule has 38 heavy (non-hydrogen) atoms. The lowest BCUT2D eigenvalue weighted by molar-refractivity contribution is 0.0635. The summed E-state index contributed by atoms with van der Waals surface area (Å²) in [5.74, 6) is -0.122. The van der Waals surface area contributed by atoms with Crippen LogP contribution in [0.4, 0.5) is 5.69 Å². The third-order valence-corrected chi connectivity index (χ3v) is 8.57. The number of piperazine rings is 1. The number of aromatic amines is 1. The van der Waals surface area contributed by atoms with Crippen molar-refractivity contribution in [3.8, 4) is 6.07 Å². The number of benzene rings is 2. The van der Waals surface area contributed by atoms with Gasteiger partial charge >= 0.3 is 0 Å². The molecule has 0 bridgehead atoms.